The maximum Gasteiger partial charge on any atom is 0.123 e. The summed E-state index contributed by atoms with van der Waals surface area (Å²) in [5.74, 6) is 0.520. The summed E-state index contributed by atoms with van der Waals surface area (Å²) >= 11 is 0. The highest BCUT2D eigenvalue weighted by molar-refractivity contribution is 5.96. The molecule has 2 heterocycles. The lowest BCUT2D eigenvalue weighted by Crippen LogP contribution is -1.91. The minimum Gasteiger partial charge on any atom is -0.497 e. The summed E-state index contributed by atoms with van der Waals surface area (Å²) in [4.78, 5) is 8.94. The Labute approximate surface area is 196 Å². The molecule has 0 aliphatic heterocycles. The van der Waals surface area contributed by atoms with Gasteiger partial charge in [-0.2, -0.15) is 5.10 Å². The number of hydrogen-bond acceptors (Lipinski definition) is 4. The third-order valence-electron chi connectivity index (χ3n) is 5.08. The lowest BCUT2D eigenvalue weighted by Gasteiger charge is -2.09. The number of H-pyrrole nitrogens is 1. The van der Waals surface area contributed by atoms with E-state index in [0.29, 0.717) is 0 Å². The molecule has 1 N–H and O–H groups in total. The summed E-state index contributed by atoms with van der Waals surface area (Å²) in [7, 11) is 1.64. The second-order valence-corrected chi connectivity index (χ2v) is 6.85. The molecule has 0 radical (unpaired) electrons. The summed E-state index contributed by atoms with van der Waals surface area (Å²) < 4.78 is 18.6. The van der Waals surface area contributed by atoms with Crippen LogP contribution in [0.15, 0.2) is 79.3 Å². The number of hydrogen-bond donors (Lipinski definition) is 1. The Balaban J connectivity index is 0.00000144. The molecule has 0 fully saturated rings. The van der Waals surface area contributed by atoms with E-state index in [-0.39, 0.29) is 30.6 Å². The second kappa shape index (κ2) is 9.77. The van der Waals surface area contributed by atoms with Gasteiger partial charge in [0.05, 0.1) is 30.2 Å². The highest BCUT2D eigenvalue weighted by atomic mass is 35.5. The minimum absolute atomic E-state index is 0. The molecule has 0 spiro atoms. The van der Waals surface area contributed by atoms with Crippen molar-refractivity contribution in [3.05, 3.63) is 85.1 Å². The van der Waals surface area contributed by atoms with Crippen molar-refractivity contribution in [2.45, 2.75) is 0 Å². The van der Waals surface area contributed by atoms with Gasteiger partial charge in [-0.1, -0.05) is 6.07 Å². The first kappa shape index (κ1) is 23.2. The Morgan fingerprint density at radius 3 is 2.22 bits per heavy atom. The van der Waals surface area contributed by atoms with E-state index in [4.69, 9.17) is 4.74 Å². The number of halogens is 3. The monoisotopic (exact) mass is 468 g/mol. The molecular weight excluding hydrogens is 450 g/mol. The zero-order valence-corrected chi connectivity index (χ0v) is 18.6. The number of methoxy groups -OCH3 is 1. The predicted octanol–water partition coefficient (Wildman–Crippen LogP) is 6.35. The lowest BCUT2D eigenvalue weighted by molar-refractivity contribution is 0.415. The van der Waals surface area contributed by atoms with Crippen molar-refractivity contribution in [1.82, 2.24) is 20.2 Å². The molecule has 0 atom stereocenters. The van der Waals surface area contributed by atoms with Crippen LogP contribution in [0.25, 0.3) is 44.5 Å². The number of nitrogens with one attached hydrogen (secondary N) is 1. The number of aromatic amines is 1. The van der Waals surface area contributed by atoms with E-state index in [2.05, 4.69) is 26.2 Å². The summed E-state index contributed by atoms with van der Waals surface area (Å²) in [6.07, 6.45) is 3.35. The fraction of sp³-hybridized carbons (Fsp3) is 0.0417. The van der Waals surface area contributed by atoms with Crippen LogP contribution in [0.3, 0.4) is 0 Å². The van der Waals surface area contributed by atoms with Crippen LogP contribution < -0.4 is 4.74 Å². The van der Waals surface area contributed by atoms with E-state index in [1.54, 1.807) is 31.8 Å². The van der Waals surface area contributed by atoms with Gasteiger partial charge in [0.15, 0.2) is 0 Å². The van der Waals surface area contributed by atoms with Crippen LogP contribution in [0.5, 0.6) is 5.75 Å². The zero-order chi connectivity index (χ0) is 20.5. The third-order valence-corrected chi connectivity index (χ3v) is 5.08. The first-order valence-corrected chi connectivity index (χ1v) is 9.42. The van der Waals surface area contributed by atoms with E-state index in [1.165, 1.54) is 12.1 Å². The van der Waals surface area contributed by atoms with E-state index in [0.717, 1.165) is 50.3 Å². The van der Waals surface area contributed by atoms with Crippen LogP contribution in [0.4, 0.5) is 4.39 Å². The molecule has 5 rings (SSSR count). The first-order chi connectivity index (χ1) is 14.7. The Bertz CT molecular complexity index is 1340. The summed E-state index contributed by atoms with van der Waals surface area (Å²) in [5.41, 5.74) is 6.27. The quantitative estimate of drug-likeness (QED) is 0.333. The van der Waals surface area contributed by atoms with Gasteiger partial charge in [-0.15, -0.1) is 24.8 Å². The Kier molecular flexibility index (Phi) is 7.08. The molecule has 0 saturated carbocycles. The number of nitrogens with zero attached hydrogens (tertiary/aromatic N) is 3. The molecule has 0 aliphatic rings. The molecule has 0 amide bonds. The molecule has 5 nitrogen and oxygen atoms in total. The van der Waals surface area contributed by atoms with E-state index in [1.807, 2.05) is 36.4 Å². The molecule has 8 heteroatoms. The first-order valence-electron chi connectivity index (χ1n) is 9.42. The van der Waals surface area contributed by atoms with E-state index in [9.17, 15) is 4.39 Å². The van der Waals surface area contributed by atoms with Gasteiger partial charge in [0.2, 0.25) is 0 Å². The predicted molar refractivity (Wildman–Crippen MR) is 129 cm³/mol. The van der Waals surface area contributed by atoms with Gasteiger partial charge in [0.25, 0.3) is 0 Å². The smallest absolute Gasteiger partial charge is 0.123 e. The number of ether oxygens (including phenoxy) is 1. The Morgan fingerprint density at radius 2 is 1.50 bits per heavy atom. The minimum atomic E-state index is -0.271. The van der Waals surface area contributed by atoms with Gasteiger partial charge in [0.1, 0.15) is 17.9 Å². The van der Waals surface area contributed by atoms with Gasteiger partial charge in [-0.05, 0) is 66.2 Å². The molecule has 0 bridgehead atoms. The second-order valence-electron chi connectivity index (χ2n) is 6.85. The van der Waals surface area contributed by atoms with Gasteiger partial charge >= 0.3 is 0 Å². The van der Waals surface area contributed by atoms with Gasteiger partial charge in [0, 0.05) is 22.1 Å². The summed E-state index contributed by atoms with van der Waals surface area (Å²) in [6.45, 7) is 0. The number of rotatable bonds is 4. The molecule has 2 aromatic heterocycles. The van der Waals surface area contributed by atoms with E-state index >= 15 is 0 Å². The van der Waals surface area contributed by atoms with Crippen molar-refractivity contribution in [3.8, 4) is 39.4 Å². The highest BCUT2D eigenvalue weighted by Crippen LogP contribution is 2.34. The molecule has 5 aromatic rings. The van der Waals surface area contributed by atoms with Crippen LogP contribution in [0.1, 0.15) is 0 Å². The summed E-state index contributed by atoms with van der Waals surface area (Å²) in [6, 6.07) is 20.2. The van der Waals surface area contributed by atoms with Gasteiger partial charge in [-0.25, -0.2) is 14.4 Å². The van der Waals surface area contributed by atoms with E-state index < -0.39 is 0 Å². The van der Waals surface area contributed by atoms with Crippen molar-refractivity contribution in [1.29, 1.82) is 0 Å². The van der Waals surface area contributed by atoms with Crippen molar-refractivity contribution in [3.63, 3.8) is 0 Å². The summed E-state index contributed by atoms with van der Waals surface area (Å²) in [5, 5.41) is 8.18. The van der Waals surface area contributed by atoms with Crippen LogP contribution in [0, 0.1) is 5.82 Å². The Hall–Kier alpha value is -3.48. The van der Waals surface area contributed by atoms with Gasteiger partial charge < -0.3 is 4.74 Å². The number of benzene rings is 3. The molecule has 32 heavy (non-hydrogen) atoms. The van der Waals surface area contributed by atoms with Crippen molar-refractivity contribution >= 4 is 35.7 Å². The largest absolute Gasteiger partial charge is 0.497 e. The topological polar surface area (TPSA) is 63.7 Å². The van der Waals surface area contributed by atoms with Crippen molar-refractivity contribution < 1.29 is 9.13 Å². The average Bonchev–Trinajstić information content (AvgIpc) is 3.29. The molecule has 162 valence electrons. The molecule has 0 aliphatic carbocycles. The third kappa shape index (κ3) is 4.28. The maximum absolute atomic E-state index is 13.3. The lowest BCUT2D eigenvalue weighted by atomic mass is 9.98. The highest BCUT2D eigenvalue weighted by Gasteiger charge is 2.13. The number of fused-ring (bicyclic) bond motifs is 1. The SMILES string of the molecule is COc1ccc(-c2ncnc3ccc(-c4cn[nH]c4-c4ccc(F)cc4)cc23)cc1.Cl.Cl. The Morgan fingerprint density at radius 1 is 0.812 bits per heavy atom. The standard InChI is InChI=1S/C24H17FN4O.2ClH/c1-30-19-9-4-15(5-10-19)23-20-12-17(6-11-22(20)26-14-27-23)21-13-28-29-24(21)16-2-7-18(25)8-3-16;;/h2-14H,1H3,(H,28,29);2*1H. The van der Waals surface area contributed by atoms with Gasteiger partial charge in [-0.3, -0.25) is 5.10 Å². The maximum atomic E-state index is 13.3. The zero-order valence-electron chi connectivity index (χ0n) is 16.9. The van der Waals surface area contributed by atoms with Crippen LogP contribution in [0.2, 0.25) is 0 Å². The van der Waals surface area contributed by atoms with Crippen LogP contribution in [-0.2, 0) is 0 Å². The molecule has 3 aromatic carbocycles. The van der Waals surface area contributed by atoms with Crippen LogP contribution >= 0.6 is 24.8 Å². The molecular formula is C24H19Cl2FN4O. The number of aromatic nitrogens is 4. The fourth-order valence-corrected chi connectivity index (χ4v) is 3.54. The van der Waals surface area contributed by atoms with Crippen LogP contribution in [-0.4, -0.2) is 27.3 Å². The van der Waals surface area contributed by atoms with Crippen molar-refractivity contribution in [2.75, 3.05) is 7.11 Å². The average molecular weight is 469 g/mol. The normalized spacial score (nSPS) is 10.3. The molecule has 0 unspecified atom stereocenters. The van der Waals surface area contributed by atoms with Crippen molar-refractivity contribution in [2.24, 2.45) is 0 Å². The molecule has 0 saturated heterocycles. The fourth-order valence-electron chi connectivity index (χ4n) is 3.54.